The van der Waals surface area contributed by atoms with Gasteiger partial charge in [-0.25, -0.2) is 22.3 Å². The minimum Gasteiger partial charge on any atom is -0.237 e. The fourth-order valence-electron chi connectivity index (χ4n) is 3.17. The van der Waals surface area contributed by atoms with E-state index in [1.54, 1.807) is 22.8 Å². The second-order valence-corrected chi connectivity index (χ2v) is 8.19. The van der Waals surface area contributed by atoms with Crippen LogP contribution in [-0.4, -0.2) is 33.9 Å². The van der Waals surface area contributed by atoms with Crippen molar-refractivity contribution in [1.29, 1.82) is 0 Å². The molecule has 0 amide bonds. The van der Waals surface area contributed by atoms with E-state index in [9.17, 15) is 12.8 Å². The van der Waals surface area contributed by atoms with Crippen molar-refractivity contribution in [3.63, 3.8) is 0 Å². The third kappa shape index (κ3) is 2.91. The topological polar surface area (TPSA) is 67.6 Å². The van der Waals surface area contributed by atoms with E-state index in [1.807, 2.05) is 13.0 Å². The minimum atomic E-state index is -3.61. The number of rotatable bonds is 3. The van der Waals surface area contributed by atoms with Gasteiger partial charge in [-0.05, 0) is 13.0 Å². The van der Waals surface area contributed by atoms with Gasteiger partial charge in [-0.3, -0.25) is 0 Å². The second-order valence-electron chi connectivity index (χ2n) is 6.22. The molecule has 130 valence electrons. The number of sulfonamides is 1. The van der Waals surface area contributed by atoms with Crippen molar-refractivity contribution >= 4 is 15.7 Å². The van der Waals surface area contributed by atoms with Crippen molar-refractivity contribution in [3.05, 3.63) is 64.9 Å². The Morgan fingerprint density at radius 2 is 2.08 bits per heavy atom. The molecule has 3 heterocycles. The van der Waals surface area contributed by atoms with Gasteiger partial charge >= 0.3 is 0 Å². The summed E-state index contributed by atoms with van der Waals surface area (Å²) in [5.74, 6) is -0.843. The third-order valence-corrected chi connectivity index (χ3v) is 6.20. The molecule has 0 radical (unpaired) electrons. The summed E-state index contributed by atoms with van der Waals surface area (Å²) in [6, 6.07) is 7.85. The SMILES string of the molecule is Cc1cc2ncc3c(n2n1)CCN(S(=O)(=O)Cc1ccccc1F)C3. The maximum absolute atomic E-state index is 13.8. The first-order chi connectivity index (χ1) is 11.9. The molecular weight excluding hydrogens is 343 g/mol. The summed E-state index contributed by atoms with van der Waals surface area (Å²) in [5.41, 5.74) is 3.63. The lowest BCUT2D eigenvalue weighted by molar-refractivity contribution is 0.383. The lowest BCUT2D eigenvalue weighted by atomic mass is 10.1. The van der Waals surface area contributed by atoms with Crippen LogP contribution in [-0.2, 0) is 28.7 Å². The van der Waals surface area contributed by atoms with Crippen molar-refractivity contribution < 1.29 is 12.8 Å². The molecule has 0 fully saturated rings. The van der Waals surface area contributed by atoms with Crippen LogP contribution in [0.2, 0.25) is 0 Å². The average molecular weight is 360 g/mol. The summed E-state index contributed by atoms with van der Waals surface area (Å²) >= 11 is 0. The van der Waals surface area contributed by atoms with Crippen LogP contribution >= 0.6 is 0 Å². The van der Waals surface area contributed by atoms with Gasteiger partial charge in [-0.1, -0.05) is 18.2 Å². The van der Waals surface area contributed by atoms with E-state index < -0.39 is 15.8 Å². The number of hydrogen-bond acceptors (Lipinski definition) is 4. The molecule has 0 N–H and O–H groups in total. The molecule has 0 saturated carbocycles. The Morgan fingerprint density at radius 1 is 1.28 bits per heavy atom. The quantitative estimate of drug-likeness (QED) is 0.717. The number of hydrogen-bond donors (Lipinski definition) is 0. The van der Waals surface area contributed by atoms with Crippen LogP contribution in [0.5, 0.6) is 0 Å². The molecule has 1 aliphatic heterocycles. The van der Waals surface area contributed by atoms with Crippen molar-refractivity contribution in [3.8, 4) is 0 Å². The van der Waals surface area contributed by atoms with Gasteiger partial charge in [-0.15, -0.1) is 0 Å². The fourth-order valence-corrected chi connectivity index (χ4v) is 4.68. The van der Waals surface area contributed by atoms with Crippen LogP contribution in [0.15, 0.2) is 36.5 Å². The molecule has 3 aromatic rings. The highest BCUT2D eigenvalue weighted by atomic mass is 32.2. The Kier molecular flexibility index (Phi) is 3.81. The Balaban J connectivity index is 1.63. The normalized spacial score (nSPS) is 15.4. The van der Waals surface area contributed by atoms with E-state index in [-0.39, 0.29) is 17.9 Å². The predicted molar refractivity (Wildman–Crippen MR) is 90.9 cm³/mol. The van der Waals surface area contributed by atoms with E-state index in [0.29, 0.717) is 13.0 Å². The summed E-state index contributed by atoms with van der Waals surface area (Å²) in [6.07, 6.45) is 2.25. The Bertz CT molecular complexity index is 1060. The second kappa shape index (κ2) is 5.89. The molecule has 0 spiro atoms. The molecule has 8 heteroatoms. The van der Waals surface area contributed by atoms with Crippen molar-refractivity contribution in [2.75, 3.05) is 6.54 Å². The highest BCUT2D eigenvalue weighted by molar-refractivity contribution is 7.88. The predicted octanol–water partition coefficient (Wildman–Crippen LogP) is 2.06. The maximum Gasteiger partial charge on any atom is 0.218 e. The average Bonchev–Trinajstić information content (AvgIpc) is 2.97. The van der Waals surface area contributed by atoms with Crippen molar-refractivity contribution in [2.45, 2.75) is 25.6 Å². The van der Waals surface area contributed by atoms with Gasteiger partial charge in [0.2, 0.25) is 10.0 Å². The monoisotopic (exact) mass is 360 g/mol. The summed E-state index contributed by atoms with van der Waals surface area (Å²) < 4.78 is 42.4. The van der Waals surface area contributed by atoms with Crippen LogP contribution in [0.1, 0.15) is 22.5 Å². The molecule has 1 aliphatic rings. The largest absolute Gasteiger partial charge is 0.237 e. The highest BCUT2D eigenvalue weighted by Crippen LogP contribution is 2.24. The molecule has 25 heavy (non-hydrogen) atoms. The number of aryl methyl sites for hydroxylation is 1. The molecule has 0 saturated heterocycles. The zero-order valence-electron chi connectivity index (χ0n) is 13.7. The van der Waals surface area contributed by atoms with Crippen LogP contribution in [0, 0.1) is 12.7 Å². The van der Waals surface area contributed by atoms with E-state index in [2.05, 4.69) is 10.1 Å². The molecule has 0 aliphatic carbocycles. The Hall–Kier alpha value is -2.32. The van der Waals surface area contributed by atoms with Crippen molar-refractivity contribution in [1.82, 2.24) is 18.9 Å². The first-order valence-corrected chi connectivity index (χ1v) is 9.59. The smallest absolute Gasteiger partial charge is 0.218 e. The number of benzene rings is 1. The molecule has 6 nitrogen and oxygen atoms in total. The standard InChI is InChI=1S/C17H17FN4O2S/c1-12-8-17-19-9-14-10-21(7-6-16(14)22(17)20-12)25(23,24)11-13-4-2-3-5-15(13)18/h2-5,8-9H,6-7,10-11H2,1H3. The molecule has 0 atom stereocenters. The van der Waals surface area contributed by atoms with Crippen molar-refractivity contribution in [2.24, 2.45) is 0 Å². The van der Waals surface area contributed by atoms with Crippen LogP contribution in [0.4, 0.5) is 4.39 Å². The zero-order chi connectivity index (χ0) is 17.6. The Morgan fingerprint density at radius 3 is 2.88 bits per heavy atom. The van der Waals surface area contributed by atoms with Crippen LogP contribution in [0.3, 0.4) is 0 Å². The molecule has 0 bridgehead atoms. The highest BCUT2D eigenvalue weighted by Gasteiger charge is 2.29. The number of halogens is 1. The zero-order valence-corrected chi connectivity index (χ0v) is 14.5. The van der Waals surface area contributed by atoms with Crippen LogP contribution in [0.25, 0.3) is 5.65 Å². The van der Waals surface area contributed by atoms with E-state index in [0.717, 1.165) is 22.6 Å². The van der Waals surface area contributed by atoms with E-state index >= 15 is 0 Å². The maximum atomic E-state index is 13.8. The van der Waals surface area contributed by atoms with E-state index in [1.165, 1.54) is 16.4 Å². The van der Waals surface area contributed by atoms with Gasteiger partial charge in [0.15, 0.2) is 5.65 Å². The molecule has 2 aromatic heterocycles. The summed E-state index contributed by atoms with van der Waals surface area (Å²) in [4.78, 5) is 4.35. The summed E-state index contributed by atoms with van der Waals surface area (Å²) in [5, 5.41) is 4.43. The molecule has 4 rings (SSSR count). The van der Waals surface area contributed by atoms with Gasteiger partial charge in [0, 0.05) is 42.9 Å². The van der Waals surface area contributed by atoms with Gasteiger partial charge in [0.25, 0.3) is 0 Å². The van der Waals surface area contributed by atoms with Gasteiger partial charge in [-0.2, -0.15) is 9.40 Å². The lowest BCUT2D eigenvalue weighted by Gasteiger charge is -2.28. The number of aromatic nitrogens is 3. The van der Waals surface area contributed by atoms with Gasteiger partial charge in [0.1, 0.15) is 5.82 Å². The lowest BCUT2D eigenvalue weighted by Crippen LogP contribution is -2.37. The first-order valence-electron chi connectivity index (χ1n) is 7.98. The third-order valence-electron chi connectivity index (χ3n) is 4.43. The molecule has 0 unspecified atom stereocenters. The Labute approximate surface area is 145 Å². The summed E-state index contributed by atoms with van der Waals surface area (Å²) in [7, 11) is -3.61. The van der Waals surface area contributed by atoms with Gasteiger partial charge < -0.3 is 0 Å². The van der Waals surface area contributed by atoms with Gasteiger partial charge in [0.05, 0.1) is 17.1 Å². The number of fused-ring (bicyclic) bond motifs is 3. The van der Waals surface area contributed by atoms with E-state index in [4.69, 9.17) is 0 Å². The van der Waals surface area contributed by atoms with Crippen LogP contribution < -0.4 is 0 Å². The fraction of sp³-hybridized carbons (Fsp3) is 0.294. The molecular formula is C17H17FN4O2S. The minimum absolute atomic E-state index is 0.185. The first kappa shape index (κ1) is 16.2. The number of nitrogens with zero attached hydrogens (tertiary/aromatic N) is 4. The molecule has 1 aromatic carbocycles. The summed E-state index contributed by atoms with van der Waals surface area (Å²) in [6.45, 7) is 2.48.